The summed E-state index contributed by atoms with van der Waals surface area (Å²) in [6, 6.07) is -0.767. The van der Waals surface area contributed by atoms with Crippen molar-refractivity contribution < 1.29 is 33.3 Å². The minimum absolute atomic E-state index is 0.0401. The van der Waals surface area contributed by atoms with Gasteiger partial charge in [0.1, 0.15) is 19.3 Å². The zero-order chi connectivity index (χ0) is 21.8. The minimum Gasteiger partial charge on any atom is -0.463 e. The molecule has 1 amide bonds. The molecule has 1 aliphatic rings. The number of nitrogens with one attached hydrogen (secondary N) is 1. The number of carbonyl (C=O) groups excluding carboxylic acids is 3. The Labute approximate surface area is 172 Å². The summed E-state index contributed by atoms with van der Waals surface area (Å²) in [4.78, 5) is 36.2. The molecule has 0 fully saturated rings. The molecular formula is C21H33NO7. The molecule has 0 saturated heterocycles. The molecule has 29 heavy (non-hydrogen) atoms. The van der Waals surface area contributed by atoms with Gasteiger partial charge in [-0.3, -0.25) is 9.59 Å². The fourth-order valence-electron chi connectivity index (χ4n) is 2.77. The van der Waals surface area contributed by atoms with Crippen LogP contribution in [0.2, 0.25) is 0 Å². The van der Waals surface area contributed by atoms with Crippen LogP contribution in [-0.4, -0.2) is 63.5 Å². The standard InChI is InChI=1S/C21H33NO7/c1-14-8-6-10-19(23)22-16(3)21(25)29-13-18(27-5)15(2)9-7-11-20(24)28-12-17(14)26-4/h6-9,14-18H,10-13H2,1-5H3,(H,22,23)/b8-6+,9-7+/t14-,15-,16+,17-,18+/m0/s1. The largest absolute Gasteiger partial charge is 0.463 e. The van der Waals surface area contributed by atoms with Gasteiger partial charge in [0.2, 0.25) is 5.91 Å². The van der Waals surface area contributed by atoms with Crippen molar-refractivity contribution in [2.45, 2.75) is 51.9 Å². The first kappa shape index (κ1) is 24.8. The van der Waals surface area contributed by atoms with Crippen LogP contribution in [0.5, 0.6) is 0 Å². The molecule has 0 unspecified atom stereocenters. The van der Waals surface area contributed by atoms with Crippen molar-refractivity contribution in [1.82, 2.24) is 5.32 Å². The lowest BCUT2D eigenvalue weighted by atomic mass is 10.0. The number of rotatable bonds is 2. The Hall–Kier alpha value is -2.19. The Kier molecular flexibility index (Phi) is 11.2. The summed E-state index contributed by atoms with van der Waals surface area (Å²) in [6.07, 6.45) is 6.59. The van der Waals surface area contributed by atoms with Crippen molar-refractivity contribution in [1.29, 1.82) is 0 Å². The van der Waals surface area contributed by atoms with Crippen LogP contribution >= 0.6 is 0 Å². The zero-order valence-corrected chi connectivity index (χ0v) is 17.9. The van der Waals surface area contributed by atoms with Crippen LogP contribution in [0.1, 0.15) is 33.6 Å². The Morgan fingerprint density at radius 1 is 0.862 bits per heavy atom. The highest BCUT2D eigenvalue weighted by atomic mass is 16.6. The third-order valence-electron chi connectivity index (χ3n) is 4.77. The summed E-state index contributed by atoms with van der Waals surface area (Å²) in [5.41, 5.74) is 0. The van der Waals surface area contributed by atoms with E-state index in [1.807, 2.05) is 26.0 Å². The number of methoxy groups -OCH3 is 2. The quantitative estimate of drug-likeness (QED) is 0.546. The summed E-state index contributed by atoms with van der Waals surface area (Å²) in [7, 11) is 3.07. The molecule has 1 heterocycles. The normalized spacial score (nSPS) is 33.3. The summed E-state index contributed by atoms with van der Waals surface area (Å²) in [5.74, 6) is -1.35. The summed E-state index contributed by atoms with van der Waals surface area (Å²) < 4.78 is 21.3. The van der Waals surface area contributed by atoms with Crippen LogP contribution in [-0.2, 0) is 33.3 Å². The van der Waals surface area contributed by atoms with Gasteiger partial charge >= 0.3 is 11.9 Å². The summed E-state index contributed by atoms with van der Waals surface area (Å²) in [6.45, 7) is 5.54. The maximum absolute atomic E-state index is 12.1. The Morgan fingerprint density at radius 2 is 1.38 bits per heavy atom. The first-order valence-electron chi connectivity index (χ1n) is 9.79. The molecule has 8 nitrogen and oxygen atoms in total. The van der Waals surface area contributed by atoms with Gasteiger partial charge in [-0.25, -0.2) is 4.79 Å². The van der Waals surface area contributed by atoms with E-state index in [0.29, 0.717) is 0 Å². The van der Waals surface area contributed by atoms with Crippen molar-refractivity contribution in [2.75, 3.05) is 27.4 Å². The van der Waals surface area contributed by atoms with Crippen LogP contribution in [0.4, 0.5) is 0 Å². The van der Waals surface area contributed by atoms with Gasteiger partial charge in [-0.15, -0.1) is 0 Å². The fraction of sp³-hybridized carbons (Fsp3) is 0.667. The lowest BCUT2D eigenvalue weighted by Crippen LogP contribution is -2.40. The third-order valence-corrected chi connectivity index (χ3v) is 4.77. The highest BCUT2D eigenvalue weighted by Gasteiger charge is 2.22. The smallest absolute Gasteiger partial charge is 0.328 e. The number of amides is 1. The summed E-state index contributed by atoms with van der Waals surface area (Å²) in [5, 5.41) is 2.61. The lowest BCUT2D eigenvalue weighted by Gasteiger charge is -2.21. The van der Waals surface area contributed by atoms with Gasteiger partial charge in [-0.05, 0) is 6.92 Å². The topological polar surface area (TPSA) is 100 Å². The van der Waals surface area contributed by atoms with E-state index in [9.17, 15) is 14.4 Å². The third kappa shape index (κ3) is 9.23. The molecular weight excluding hydrogens is 378 g/mol. The number of carbonyl (C=O) groups is 3. The van der Waals surface area contributed by atoms with E-state index in [2.05, 4.69) is 5.32 Å². The maximum Gasteiger partial charge on any atom is 0.328 e. The predicted molar refractivity (Wildman–Crippen MR) is 107 cm³/mol. The van der Waals surface area contributed by atoms with Gasteiger partial charge in [-0.1, -0.05) is 38.2 Å². The molecule has 8 heteroatoms. The maximum atomic E-state index is 12.1. The van der Waals surface area contributed by atoms with Crippen molar-refractivity contribution in [2.24, 2.45) is 11.8 Å². The molecule has 0 aromatic heterocycles. The lowest BCUT2D eigenvalue weighted by molar-refractivity contribution is -0.151. The second-order valence-corrected chi connectivity index (χ2v) is 7.13. The molecule has 1 rings (SSSR count). The van der Waals surface area contributed by atoms with Crippen LogP contribution in [0, 0.1) is 11.8 Å². The highest BCUT2D eigenvalue weighted by molar-refractivity contribution is 5.84. The molecule has 164 valence electrons. The molecule has 0 aromatic rings. The van der Waals surface area contributed by atoms with E-state index in [0.717, 1.165) is 0 Å². The number of cyclic esters (lactones) is 2. The number of hydrogen-bond donors (Lipinski definition) is 1. The highest BCUT2D eigenvalue weighted by Crippen LogP contribution is 2.12. The minimum atomic E-state index is -0.767. The fourth-order valence-corrected chi connectivity index (χ4v) is 2.77. The first-order valence-corrected chi connectivity index (χ1v) is 9.79. The zero-order valence-electron chi connectivity index (χ0n) is 17.9. The van der Waals surface area contributed by atoms with Crippen molar-refractivity contribution in [3.05, 3.63) is 24.3 Å². The molecule has 0 aromatic carbocycles. The van der Waals surface area contributed by atoms with Gasteiger partial charge in [0.05, 0.1) is 18.6 Å². The van der Waals surface area contributed by atoms with Crippen LogP contribution in [0.3, 0.4) is 0 Å². The average molecular weight is 411 g/mol. The van der Waals surface area contributed by atoms with Gasteiger partial charge in [0.15, 0.2) is 0 Å². The molecule has 1 N–H and O–H groups in total. The molecule has 0 spiro atoms. The van der Waals surface area contributed by atoms with Crippen molar-refractivity contribution >= 4 is 17.8 Å². The van der Waals surface area contributed by atoms with Gasteiger partial charge < -0.3 is 24.3 Å². The molecule has 5 atom stereocenters. The monoisotopic (exact) mass is 411 g/mol. The SMILES string of the molecule is CO[C@H]1COC(=O)C/C=C/[C@H](C)[C@H](OC)COC(=O)[C@@H](C)NC(=O)C/C=C/[C@@H]1C. The Balaban J connectivity index is 2.90. The van der Waals surface area contributed by atoms with Gasteiger partial charge in [0, 0.05) is 32.5 Å². The van der Waals surface area contributed by atoms with Gasteiger partial charge in [-0.2, -0.15) is 0 Å². The first-order chi connectivity index (χ1) is 13.8. The van der Waals surface area contributed by atoms with E-state index in [4.69, 9.17) is 18.9 Å². The molecule has 0 aliphatic carbocycles. The van der Waals surface area contributed by atoms with Crippen molar-refractivity contribution in [3.8, 4) is 0 Å². The Bertz CT molecular complexity index is 602. The van der Waals surface area contributed by atoms with E-state index >= 15 is 0 Å². The van der Waals surface area contributed by atoms with E-state index < -0.39 is 12.0 Å². The second-order valence-electron chi connectivity index (χ2n) is 7.13. The molecule has 1 aliphatic heterocycles. The van der Waals surface area contributed by atoms with Crippen LogP contribution in [0.25, 0.3) is 0 Å². The predicted octanol–water partition coefficient (Wildman–Crippen LogP) is 1.79. The van der Waals surface area contributed by atoms with E-state index in [1.54, 1.807) is 26.2 Å². The number of hydrogen-bond acceptors (Lipinski definition) is 7. The average Bonchev–Trinajstić information content (AvgIpc) is 2.67. The van der Waals surface area contributed by atoms with E-state index in [1.165, 1.54) is 7.11 Å². The second kappa shape index (κ2) is 13.1. The van der Waals surface area contributed by atoms with Gasteiger partial charge in [0.25, 0.3) is 0 Å². The Morgan fingerprint density at radius 3 is 1.93 bits per heavy atom. The van der Waals surface area contributed by atoms with Crippen LogP contribution < -0.4 is 5.32 Å². The van der Waals surface area contributed by atoms with Crippen LogP contribution in [0.15, 0.2) is 24.3 Å². The number of ether oxygens (including phenoxy) is 4. The van der Waals surface area contributed by atoms with Crippen molar-refractivity contribution in [3.63, 3.8) is 0 Å². The molecule has 0 bridgehead atoms. The summed E-state index contributed by atoms with van der Waals surface area (Å²) >= 11 is 0. The molecule has 0 radical (unpaired) electrons. The van der Waals surface area contributed by atoms with E-state index in [-0.39, 0.29) is 62.0 Å². The number of esters is 2. The molecule has 0 saturated carbocycles.